The lowest BCUT2D eigenvalue weighted by Crippen LogP contribution is -2.27. The van der Waals surface area contributed by atoms with Gasteiger partial charge in [0.2, 0.25) is 0 Å². The highest BCUT2D eigenvalue weighted by Gasteiger charge is 2.31. The van der Waals surface area contributed by atoms with Gasteiger partial charge in [-0.25, -0.2) is 0 Å². The summed E-state index contributed by atoms with van der Waals surface area (Å²) >= 11 is 1.44. The number of rotatable bonds is 12. The Morgan fingerprint density at radius 3 is 2.32 bits per heavy atom. The van der Waals surface area contributed by atoms with E-state index in [-0.39, 0.29) is 36.7 Å². The lowest BCUT2D eigenvalue weighted by Gasteiger charge is -2.17. The van der Waals surface area contributed by atoms with Gasteiger partial charge >= 0.3 is 6.36 Å². The minimum atomic E-state index is -4.79. The number of carbonyl (C=O) groups is 1. The molecule has 34 heavy (non-hydrogen) atoms. The van der Waals surface area contributed by atoms with Crippen LogP contribution in [0.3, 0.4) is 0 Å². The third-order valence-corrected chi connectivity index (χ3v) is 5.41. The average Bonchev–Trinajstić information content (AvgIpc) is 3.14. The molecule has 0 radical (unpaired) electrons. The summed E-state index contributed by atoms with van der Waals surface area (Å²) in [5.41, 5.74) is 3.82. The molecule has 0 atom stereocenters. The Labute approximate surface area is 202 Å². The van der Waals surface area contributed by atoms with E-state index in [9.17, 15) is 18.0 Å². The maximum Gasteiger partial charge on any atom is 0.573 e. The van der Waals surface area contributed by atoms with E-state index in [0.29, 0.717) is 11.5 Å². The second-order valence-corrected chi connectivity index (χ2v) is 8.66. The molecule has 0 spiro atoms. The van der Waals surface area contributed by atoms with Crippen LogP contribution in [0.4, 0.5) is 18.2 Å². The number of benzene rings is 1. The molecule has 0 aliphatic rings. The predicted octanol–water partition coefficient (Wildman–Crippen LogP) is 4.98. The summed E-state index contributed by atoms with van der Waals surface area (Å²) in [6, 6.07) is 6.69. The summed E-state index contributed by atoms with van der Waals surface area (Å²) in [6.07, 6.45) is -3.91. The van der Waals surface area contributed by atoms with Crippen LogP contribution in [0.15, 0.2) is 30.3 Å². The largest absolute Gasteiger partial charge is 0.573 e. The standard InChI is InChI=1S/C20H25F3N2O5S.C3H8/c1-3-16-10-14(19(31-16)24-29-12-25(2)9-8-18(27)28)11-17(26)13-4-6-15(7-5-13)30-20(21,22)23;1-3-2/h4-7,10,18,24,27-28H,3,8-9,11-12H2,1-2H3;3H2,1-2H3. The van der Waals surface area contributed by atoms with Gasteiger partial charge in [0.1, 0.15) is 17.5 Å². The maximum absolute atomic E-state index is 12.6. The number of nitrogens with zero attached hydrogens (tertiary/aromatic N) is 1. The second-order valence-electron chi connectivity index (χ2n) is 7.52. The highest BCUT2D eigenvalue weighted by molar-refractivity contribution is 7.16. The van der Waals surface area contributed by atoms with Crippen molar-refractivity contribution < 1.29 is 37.8 Å². The van der Waals surface area contributed by atoms with Crippen molar-refractivity contribution in [2.75, 3.05) is 25.8 Å². The number of carbonyl (C=O) groups excluding carboxylic acids is 1. The fourth-order valence-electron chi connectivity index (χ4n) is 2.60. The van der Waals surface area contributed by atoms with Crippen molar-refractivity contribution >= 4 is 22.1 Å². The fourth-order valence-corrected chi connectivity index (χ4v) is 3.57. The summed E-state index contributed by atoms with van der Waals surface area (Å²) < 4.78 is 40.6. The molecule has 1 heterocycles. The molecule has 1 aromatic heterocycles. The molecular formula is C23H33F3N2O5S. The van der Waals surface area contributed by atoms with Crippen molar-refractivity contribution in [2.24, 2.45) is 0 Å². The van der Waals surface area contributed by atoms with E-state index in [2.05, 4.69) is 24.1 Å². The van der Waals surface area contributed by atoms with Crippen molar-refractivity contribution in [3.63, 3.8) is 0 Å². The van der Waals surface area contributed by atoms with Crippen LogP contribution < -0.4 is 10.2 Å². The third kappa shape index (κ3) is 11.8. The average molecular weight is 507 g/mol. The van der Waals surface area contributed by atoms with Gasteiger partial charge in [-0.05, 0) is 49.4 Å². The van der Waals surface area contributed by atoms with Crippen LogP contribution in [0.5, 0.6) is 5.75 Å². The van der Waals surface area contributed by atoms with E-state index >= 15 is 0 Å². The Morgan fingerprint density at radius 2 is 1.79 bits per heavy atom. The highest BCUT2D eigenvalue weighted by Crippen LogP contribution is 2.30. The van der Waals surface area contributed by atoms with Crippen LogP contribution >= 0.6 is 11.3 Å². The second kappa shape index (κ2) is 14.9. The predicted molar refractivity (Wildman–Crippen MR) is 126 cm³/mol. The van der Waals surface area contributed by atoms with Gasteiger partial charge in [-0.3, -0.25) is 20.0 Å². The lowest BCUT2D eigenvalue weighted by atomic mass is 10.0. The molecule has 3 N–H and O–H groups in total. The molecule has 0 aliphatic carbocycles. The monoisotopic (exact) mass is 506 g/mol. The zero-order valence-corrected chi connectivity index (χ0v) is 20.6. The zero-order chi connectivity index (χ0) is 25.7. The van der Waals surface area contributed by atoms with Crippen molar-refractivity contribution in [1.82, 2.24) is 4.90 Å². The summed E-state index contributed by atoms with van der Waals surface area (Å²) in [5, 5.41) is 18.5. The van der Waals surface area contributed by atoms with E-state index in [0.717, 1.165) is 29.0 Å². The third-order valence-electron chi connectivity index (χ3n) is 4.19. The van der Waals surface area contributed by atoms with Gasteiger partial charge in [0.05, 0.1) is 0 Å². The molecule has 0 unspecified atom stereocenters. The number of ether oxygens (including phenoxy) is 1. The first-order valence-corrected chi connectivity index (χ1v) is 11.7. The van der Waals surface area contributed by atoms with E-state index < -0.39 is 12.7 Å². The molecule has 192 valence electrons. The number of anilines is 1. The minimum absolute atomic E-state index is 0.0498. The SMILES string of the molecule is CCC.CCc1cc(CC(=O)c2ccc(OC(F)(F)F)cc2)c(NOCN(C)CCC(O)O)s1. The molecule has 0 saturated carbocycles. The number of Topliss-reactive ketones (excluding diaryl/α,β-unsaturated/α-hetero) is 1. The Morgan fingerprint density at radius 1 is 1.18 bits per heavy atom. The van der Waals surface area contributed by atoms with Crippen LogP contribution in [0, 0.1) is 0 Å². The number of nitrogens with one attached hydrogen (secondary N) is 1. The molecule has 0 amide bonds. The number of thiophene rings is 1. The first-order valence-electron chi connectivity index (χ1n) is 10.9. The van der Waals surface area contributed by atoms with Crippen LogP contribution in [0.2, 0.25) is 0 Å². The number of hydrogen-bond donors (Lipinski definition) is 3. The summed E-state index contributed by atoms with van der Waals surface area (Å²) in [6.45, 7) is 6.83. The van der Waals surface area contributed by atoms with Crippen LogP contribution in [-0.4, -0.2) is 53.9 Å². The zero-order valence-electron chi connectivity index (χ0n) is 19.8. The number of aliphatic hydroxyl groups excluding tert-OH is 1. The maximum atomic E-state index is 12.6. The van der Waals surface area contributed by atoms with E-state index in [1.54, 1.807) is 11.9 Å². The van der Waals surface area contributed by atoms with Crippen LogP contribution in [0.25, 0.3) is 0 Å². The summed E-state index contributed by atoms with van der Waals surface area (Å²) in [5.74, 6) is -0.641. The van der Waals surface area contributed by atoms with Crippen molar-refractivity contribution in [3.05, 3.63) is 46.3 Å². The Kier molecular flexibility index (Phi) is 13.1. The van der Waals surface area contributed by atoms with Gasteiger partial charge in [0.25, 0.3) is 0 Å². The fraction of sp³-hybridized carbons (Fsp3) is 0.522. The number of aryl methyl sites for hydroxylation is 1. The smallest absolute Gasteiger partial charge is 0.406 e. The van der Waals surface area contributed by atoms with Gasteiger partial charge in [-0.2, -0.15) is 0 Å². The van der Waals surface area contributed by atoms with E-state index in [4.69, 9.17) is 15.1 Å². The molecule has 0 fully saturated rings. The Balaban J connectivity index is 0.00000182. The van der Waals surface area contributed by atoms with Crippen molar-refractivity contribution in [2.45, 2.75) is 59.1 Å². The summed E-state index contributed by atoms with van der Waals surface area (Å²) in [4.78, 5) is 20.8. The normalized spacial score (nSPS) is 11.4. The lowest BCUT2D eigenvalue weighted by molar-refractivity contribution is -0.274. The Hall–Kier alpha value is -2.18. The first kappa shape index (κ1) is 29.9. The number of hydrogen-bond acceptors (Lipinski definition) is 8. The van der Waals surface area contributed by atoms with Gasteiger partial charge in [0, 0.05) is 29.8 Å². The molecule has 2 rings (SSSR count). The van der Waals surface area contributed by atoms with Crippen molar-refractivity contribution in [3.8, 4) is 5.75 Å². The number of halogens is 3. The number of ketones is 1. The molecule has 0 bridgehead atoms. The highest BCUT2D eigenvalue weighted by atomic mass is 32.1. The molecule has 11 heteroatoms. The van der Waals surface area contributed by atoms with Gasteiger partial charge in [-0.1, -0.05) is 27.2 Å². The molecular weight excluding hydrogens is 473 g/mol. The molecule has 2 aromatic rings. The molecule has 0 saturated heterocycles. The van der Waals surface area contributed by atoms with Crippen molar-refractivity contribution in [1.29, 1.82) is 0 Å². The number of aliphatic hydroxyl groups is 2. The molecule has 7 nitrogen and oxygen atoms in total. The van der Waals surface area contributed by atoms with Gasteiger partial charge in [0.15, 0.2) is 12.1 Å². The minimum Gasteiger partial charge on any atom is -0.406 e. The quantitative estimate of drug-likeness (QED) is 0.212. The van der Waals surface area contributed by atoms with E-state index in [1.807, 2.05) is 13.0 Å². The first-order chi connectivity index (χ1) is 16.0. The Bertz CT molecular complexity index is 857. The number of alkyl halides is 3. The van der Waals surface area contributed by atoms with Crippen LogP contribution in [-0.2, 0) is 17.7 Å². The van der Waals surface area contributed by atoms with E-state index in [1.165, 1.54) is 29.9 Å². The topological polar surface area (TPSA) is 91.3 Å². The summed E-state index contributed by atoms with van der Waals surface area (Å²) in [7, 11) is 1.76. The van der Waals surface area contributed by atoms with Gasteiger partial charge in [-0.15, -0.1) is 24.5 Å². The molecule has 1 aromatic carbocycles. The molecule has 0 aliphatic heterocycles. The van der Waals surface area contributed by atoms with Gasteiger partial charge < -0.3 is 14.9 Å². The van der Waals surface area contributed by atoms with Crippen LogP contribution in [0.1, 0.15) is 54.4 Å².